The number of aromatic amines is 2. The maximum Gasteiger partial charge on any atom is 0.276 e. The number of nitrogens with zero attached hydrogens (tertiary/aromatic N) is 1. The summed E-state index contributed by atoms with van der Waals surface area (Å²) in [5, 5.41) is 30.7. The Morgan fingerprint density at radius 3 is 2.85 bits per heavy atom. The summed E-state index contributed by atoms with van der Waals surface area (Å²) in [6.45, 7) is -0.394. The van der Waals surface area contributed by atoms with Crippen LogP contribution in [0.1, 0.15) is 11.6 Å². The van der Waals surface area contributed by atoms with Crippen molar-refractivity contribution in [1.82, 2.24) is 20.3 Å². The minimum Gasteiger partial charge on any atom is -0.395 e. The van der Waals surface area contributed by atoms with Crippen LogP contribution < -0.4 is 16.6 Å². The molecule has 9 heteroatoms. The van der Waals surface area contributed by atoms with E-state index in [4.69, 9.17) is 15.9 Å². The minimum atomic E-state index is -1.11. The number of H-pyrrole nitrogens is 2. The summed E-state index contributed by atoms with van der Waals surface area (Å²) in [5.41, 5.74) is 6.13. The van der Waals surface area contributed by atoms with E-state index in [-0.39, 0.29) is 24.6 Å². The van der Waals surface area contributed by atoms with Gasteiger partial charge in [0, 0.05) is 18.3 Å². The van der Waals surface area contributed by atoms with Crippen LogP contribution in [0.3, 0.4) is 0 Å². The number of nitrogen functional groups attached to an aromatic ring is 1. The van der Waals surface area contributed by atoms with E-state index < -0.39 is 24.3 Å². The molecule has 0 saturated heterocycles. The van der Waals surface area contributed by atoms with Crippen LogP contribution in [0.25, 0.3) is 11.0 Å². The second-order valence-corrected chi connectivity index (χ2v) is 4.32. The van der Waals surface area contributed by atoms with Gasteiger partial charge >= 0.3 is 0 Å². The zero-order valence-electron chi connectivity index (χ0n) is 10.6. The van der Waals surface area contributed by atoms with Gasteiger partial charge in [0.2, 0.25) is 5.95 Å². The van der Waals surface area contributed by atoms with Crippen molar-refractivity contribution in [1.29, 1.82) is 0 Å². The van der Waals surface area contributed by atoms with Gasteiger partial charge < -0.3 is 31.4 Å². The summed E-state index contributed by atoms with van der Waals surface area (Å²) >= 11 is 0. The number of aliphatic hydroxyl groups is 3. The van der Waals surface area contributed by atoms with E-state index in [1.54, 1.807) is 0 Å². The molecule has 0 aliphatic carbocycles. The van der Waals surface area contributed by atoms with Crippen LogP contribution in [0.2, 0.25) is 0 Å². The smallest absolute Gasteiger partial charge is 0.276 e. The molecule has 2 heterocycles. The van der Waals surface area contributed by atoms with E-state index in [0.717, 1.165) is 0 Å². The van der Waals surface area contributed by atoms with Crippen molar-refractivity contribution >= 4 is 17.0 Å². The molecule has 0 spiro atoms. The Bertz CT molecular complexity index is 637. The maximum absolute atomic E-state index is 11.7. The van der Waals surface area contributed by atoms with Crippen molar-refractivity contribution in [3.8, 4) is 0 Å². The van der Waals surface area contributed by atoms with Gasteiger partial charge in [0.1, 0.15) is 11.0 Å². The lowest BCUT2D eigenvalue weighted by molar-refractivity contribution is 0.0612. The van der Waals surface area contributed by atoms with Crippen LogP contribution in [-0.4, -0.2) is 56.1 Å². The highest BCUT2D eigenvalue weighted by Gasteiger charge is 2.24. The Hall–Kier alpha value is -1.94. The monoisotopic (exact) mass is 283 g/mol. The van der Waals surface area contributed by atoms with Crippen LogP contribution in [0.5, 0.6) is 0 Å². The molecule has 0 saturated carbocycles. The molecule has 20 heavy (non-hydrogen) atoms. The zero-order valence-corrected chi connectivity index (χ0v) is 10.6. The summed E-state index contributed by atoms with van der Waals surface area (Å²) in [6, 6.07) is -0.686. The highest BCUT2D eigenvalue weighted by Crippen LogP contribution is 2.23. The first-order valence-corrected chi connectivity index (χ1v) is 6.08. The van der Waals surface area contributed by atoms with Gasteiger partial charge in [-0.05, 0) is 0 Å². The predicted octanol–water partition coefficient (Wildman–Crippen LogP) is -2.19. The first-order chi connectivity index (χ1) is 9.58. The lowest BCUT2D eigenvalue weighted by Crippen LogP contribution is -2.35. The van der Waals surface area contributed by atoms with Crippen LogP contribution in [0.15, 0.2) is 11.0 Å². The second kappa shape index (κ2) is 6.01. The lowest BCUT2D eigenvalue weighted by Gasteiger charge is -2.21. The van der Waals surface area contributed by atoms with Crippen LogP contribution >= 0.6 is 0 Å². The number of fused-ring (bicyclic) bond motifs is 1. The van der Waals surface area contributed by atoms with Gasteiger partial charge in [-0.15, -0.1) is 0 Å². The van der Waals surface area contributed by atoms with E-state index in [2.05, 4.69) is 20.3 Å². The molecule has 8 N–H and O–H groups in total. The molecule has 2 atom stereocenters. The van der Waals surface area contributed by atoms with Crippen molar-refractivity contribution in [2.75, 3.05) is 25.5 Å². The number of hydrogen-bond acceptors (Lipinski definition) is 7. The molecule has 0 radical (unpaired) electrons. The van der Waals surface area contributed by atoms with Crippen molar-refractivity contribution in [2.24, 2.45) is 0 Å². The number of aromatic nitrogens is 3. The molecular weight excluding hydrogens is 266 g/mol. The Kier molecular flexibility index (Phi) is 4.35. The topological polar surface area (TPSA) is 160 Å². The van der Waals surface area contributed by atoms with Crippen LogP contribution in [0.4, 0.5) is 5.95 Å². The maximum atomic E-state index is 11.7. The number of rotatable bonds is 6. The third kappa shape index (κ3) is 2.65. The fourth-order valence-electron chi connectivity index (χ4n) is 2.07. The molecule has 2 rings (SSSR count). The first kappa shape index (κ1) is 14.5. The van der Waals surface area contributed by atoms with Gasteiger partial charge in [0.05, 0.1) is 25.4 Å². The molecule has 0 bridgehead atoms. The SMILES string of the molecule is Nc1nc2c(C(NCCO)C(O)CO)c[nH]c2c(=O)[nH]1. The Morgan fingerprint density at radius 1 is 1.45 bits per heavy atom. The molecule has 0 aromatic carbocycles. The van der Waals surface area contributed by atoms with E-state index in [0.29, 0.717) is 11.1 Å². The van der Waals surface area contributed by atoms with Gasteiger partial charge in [0.15, 0.2) is 0 Å². The number of nitrogens with two attached hydrogens (primary N) is 1. The first-order valence-electron chi connectivity index (χ1n) is 6.08. The zero-order chi connectivity index (χ0) is 14.7. The molecule has 0 amide bonds. The molecule has 110 valence electrons. The quantitative estimate of drug-likeness (QED) is 0.317. The summed E-state index contributed by atoms with van der Waals surface area (Å²) in [6.07, 6.45) is 0.406. The Labute approximate surface area is 113 Å². The molecular formula is C11H17N5O4. The molecule has 0 aliphatic heterocycles. The van der Waals surface area contributed by atoms with E-state index >= 15 is 0 Å². The largest absolute Gasteiger partial charge is 0.395 e. The van der Waals surface area contributed by atoms with Crippen LogP contribution in [0, 0.1) is 0 Å². The highest BCUT2D eigenvalue weighted by molar-refractivity contribution is 5.79. The Morgan fingerprint density at radius 2 is 2.20 bits per heavy atom. The predicted molar refractivity (Wildman–Crippen MR) is 72.0 cm³/mol. The average Bonchev–Trinajstić information content (AvgIpc) is 2.83. The molecule has 0 aliphatic rings. The van der Waals surface area contributed by atoms with Gasteiger partial charge in [0.25, 0.3) is 5.56 Å². The molecule has 2 unspecified atom stereocenters. The van der Waals surface area contributed by atoms with E-state index in [9.17, 15) is 9.90 Å². The number of nitrogens with one attached hydrogen (secondary N) is 3. The normalized spacial score (nSPS) is 14.6. The van der Waals surface area contributed by atoms with Gasteiger partial charge in [-0.2, -0.15) is 0 Å². The third-order valence-corrected chi connectivity index (χ3v) is 2.97. The second-order valence-electron chi connectivity index (χ2n) is 4.32. The average molecular weight is 283 g/mol. The summed E-state index contributed by atoms with van der Waals surface area (Å²) < 4.78 is 0. The number of hydrogen-bond donors (Lipinski definition) is 7. The molecule has 9 nitrogen and oxygen atoms in total. The van der Waals surface area contributed by atoms with Crippen LogP contribution in [-0.2, 0) is 0 Å². The molecule has 2 aromatic heterocycles. The minimum absolute atomic E-state index is 0.0391. The summed E-state index contributed by atoms with van der Waals surface area (Å²) in [5.74, 6) is -0.0391. The fourth-order valence-corrected chi connectivity index (χ4v) is 2.07. The summed E-state index contributed by atoms with van der Waals surface area (Å²) in [7, 11) is 0. The molecule has 0 fully saturated rings. The van der Waals surface area contributed by atoms with E-state index in [1.165, 1.54) is 6.20 Å². The fraction of sp³-hybridized carbons (Fsp3) is 0.455. The number of aliphatic hydroxyl groups excluding tert-OH is 3. The van der Waals surface area contributed by atoms with Gasteiger partial charge in [-0.3, -0.25) is 9.78 Å². The van der Waals surface area contributed by atoms with Crippen molar-refractivity contribution in [2.45, 2.75) is 12.1 Å². The van der Waals surface area contributed by atoms with Gasteiger partial charge in [-0.1, -0.05) is 0 Å². The summed E-state index contributed by atoms with van der Waals surface area (Å²) in [4.78, 5) is 20.9. The van der Waals surface area contributed by atoms with Gasteiger partial charge in [-0.25, -0.2) is 4.98 Å². The van der Waals surface area contributed by atoms with Crippen molar-refractivity contribution < 1.29 is 15.3 Å². The molecule has 2 aromatic rings. The number of anilines is 1. The third-order valence-electron chi connectivity index (χ3n) is 2.97. The standard InChI is InChI=1S/C11H17N5O4/c12-11-15-8-5(3-14-9(8)10(20)16-11)7(6(19)4-18)13-1-2-17/h3,6-7,13-14,17-19H,1-2,4H2,(H3,12,15,16,20). The van der Waals surface area contributed by atoms with Crippen molar-refractivity contribution in [3.63, 3.8) is 0 Å². The van der Waals surface area contributed by atoms with Crippen molar-refractivity contribution in [3.05, 3.63) is 22.1 Å². The Balaban J connectivity index is 2.50. The highest BCUT2D eigenvalue weighted by atomic mass is 16.3. The lowest BCUT2D eigenvalue weighted by atomic mass is 10.0. The van der Waals surface area contributed by atoms with E-state index in [1.807, 2.05) is 0 Å².